The monoisotopic (exact) mass is 230 g/mol. The van der Waals surface area contributed by atoms with Crippen LogP contribution >= 0.6 is 0 Å². The van der Waals surface area contributed by atoms with Gasteiger partial charge in [-0.25, -0.2) is 0 Å². The highest BCUT2D eigenvalue weighted by Crippen LogP contribution is 2.31. The van der Waals surface area contributed by atoms with Crippen LogP contribution in [0.15, 0.2) is 12.1 Å². The summed E-state index contributed by atoms with van der Waals surface area (Å²) in [6.07, 6.45) is 0.785. The predicted molar refractivity (Wildman–Crippen MR) is 52.6 cm³/mol. The van der Waals surface area contributed by atoms with Gasteiger partial charge >= 0.3 is 6.18 Å². The van der Waals surface area contributed by atoms with Crippen LogP contribution in [0.4, 0.5) is 19.0 Å². The van der Waals surface area contributed by atoms with E-state index in [9.17, 15) is 13.2 Å². The van der Waals surface area contributed by atoms with Crippen LogP contribution in [0.5, 0.6) is 5.88 Å². The fraction of sp³-hybridized carbons (Fsp3) is 0.300. The maximum absolute atomic E-state index is 12.4. The van der Waals surface area contributed by atoms with Crippen molar-refractivity contribution >= 4 is 5.82 Å². The number of rotatable bonds is 3. The first kappa shape index (κ1) is 12.2. The van der Waals surface area contributed by atoms with Crippen LogP contribution in [-0.4, -0.2) is 11.6 Å². The van der Waals surface area contributed by atoms with Crippen LogP contribution < -0.4 is 10.5 Å². The van der Waals surface area contributed by atoms with E-state index in [1.165, 1.54) is 0 Å². The highest BCUT2D eigenvalue weighted by molar-refractivity contribution is 5.38. The Hall–Kier alpha value is -1.90. The average Bonchev–Trinajstić information content (AvgIpc) is 2.16. The van der Waals surface area contributed by atoms with Gasteiger partial charge in [0.05, 0.1) is 5.56 Å². The second-order valence-corrected chi connectivity index (χ2v) is 2.92. The molecule has 86 valence electrons. The van der Waals surface area contributed by atoms with Crippen LogP contribution in [0.1, 0.15) is 12.0 Å². The Morgan fingerprint density at radius 1 is 1.44 bits per heavy atom. The number of nitrogens with zero attached hydrogens (tertiary/aromatic N) is 1. The topological polar surface area (TPSA) is 48.1 Å². The van der Waals surface area contributed by atoms with Crippen LogP contribution in [-0.2, 0) is 6.18 Å². The summed E-state index contributed by atoms with van der Waals surface area (Å²) in [5, 5.41) is 0. The molecule has 2 N–H and O–H groups in total. The molecule has 1 rings (SSSR count). The minimum atomic E-state index is -4.47. The van der Waals surface area contributed by atoms with Crippen molar-refractivity contribution in [2.24, 2.45) is 0 Å². The zero-order chi connectivity index (χ0) is 12.2. The molecule has 0 bridgehead atoms. The summed E-state index contributed by atoms with van der Waals surface area (Å²) in [6.45, 7) is 0.101. The third kappa shape index (κ3) is 3.35. The van der Waals surface area contributed by atoms with Gasteiger partial charge < -0.3 is 10.5 Å². The zero-order valence-corrected chi connectivity index (χ0v) is 8.21. The van der Waals surface area contributed by atoms with E-state index in [-0.39, 0.29) is 24.7 Å². The largest absolute Gasteiger partial charge is 0.477 e. The van der Waals surface area contributed by atoms with Crippen LogP contribution in [0.25, 0.3) is 0 Å². The fourth-order valence-corrected chi connectivity index (χ4v) is 0.978. The molecule has 0 fully saturated rings. The Morgan fingerprint density at radius 3 is 2.69 bits per heavy atom. The Balaban J connectivity index is 2.87. The molecule has 0 radical (unpaired) electrons. The molecule has 1 heterocycles. The van der Waals surface area contributed by atoms with Crippen molar-refractivity contribution in [1.29, 1.82) is 0 Å². The van der Waals surface area contributed by atoms with Crippen molar-refractivity contribution in [3.05, 3.63) is 17.7 Å². The molecule has 0 aliphatic heterocycles. The summed E-state index contributed by atoms with van der Waals surface area (Å²) < 4.78 is 42.0. The van der Waals surface area contributed by atoms with Gasteiger partial charge in [-0.2, -0.15) is 18.2 Å². The van der Waals surface area contributed by atoms with E-state index in [0.717, 1.165) is 12.1 Å². The van der Waals surface area contributed by atoms with Crippen molar-refractivity contribution in [2.75, 3.05) is 12.3 Å². The van der Waals surface area contributed by atoms with E-state index in [0.29, 0.717) is 0 Å². The number of hydrogen-bond acceptors (Lipinski definition) is 3. The molecule has 0 atom stereocenters. The molecule has 0 aromatic carbocycles. The van der Waals surface area contributed by atoms with Crippen LogP contribution in [0, 0.1) is 12.3 Å². The molecular formula is C10H9F3N2O. The van der Waals surface area contributed by atoms with Gasteiger partial charge in [0.25, 0.3) is 0 Å². The minimum Gasteiger partial charge on any atom is -0.477 e. The number of nitrogens with two attached hydrogens (primary N) is 1. The zero-order valence-electron chi connectivity index (χ0n) is 8.21. The standard InChI is InChI=1S/C10H9F3N2O/c1-2-3-4-16-9-6-7(10(11,12)13)5-8(14)15-9/h1,5-6H,3-4H2,(H2,14,15). The van der Waals surface area contributed by atoms with Gasteiger partial charge in [-0.3, -0.25) is 0 Å². The summed E-state index contributed by atoms with van der Waals surface area (Å²) in [4.78, 5) is 3.61. The number of aromatic nitrogens is 1. The van der Waals surface area contributed by atoms with Gasteiger partial charge in [-0.15, -0.1) is 12.3 Å². The summed E-state index contributed by atoms with van der Waals surface area (Å²) in [5.74, 6) is 1.87. The quantitative estimate of drug-likeness (QED) is 0.638. The summed E-state index contributed by atoms with van der Waals surface area (Å²) >= 11 is 0. The molecule has 0 aliphatic rings. The number of hydrogen-bond donors (Lipinski definition) is 1. The van der Waals surface area contributed by atoms with E-state index < -0.39 is 11.7 Å². The van der Waals surface area contributed by atoms with Gasteiger partial charge in [0.15, 0.2) is 0 Å². The van der Waals surface area contributed by atoms with Gasteiger partial charge in [0.1, 0.15) is 12.4 Å². The first-order valence-electron chi connectivity index (χ1n) is 4.34. The van der Waals surface area contributed by atoms with Gasteiger partial charge in [-0.05, 0) is 6.07 Å². The molecule has 0 amide bonds. The van der Waals surface area contributed by atoms with Crippen LogP contribution in [0.2, 0.25) is 0 Å². The summed E-state index contributed by atoms with van der Waals surface area (Å²) in [5.41, 5.74) is 4.34. The first-order chi connectivity index (χ1) is 7.43. The molecule has 0 unspecified atom stereocenters. The molecule has 1 aromatic heterocycles. The number of nitrogen functional groups attached to an aromatic ring is 1. The van der Waals surface area contributed by atoms with Crippen molar-refractivity contribution in [1.82, 2.24) is 4.98 Å². The van der Waals surface area contributed by atoms with Gasteiger partial charge in [0, 0.05) is 12.5 Å². The summed E-state index contributed by atoms with van der Waals surface area (Å²) in [6, 6.07) is 1.53. The van der Waals surface area contributed by atoms with Crippen molar-refractivity contribution in [3.8, 4) is 18.2 Å². The molecular weight excluding hydrogens is 221 g/mol. The predicted octanol–water partition coefficient (Wildman–Crippen LogP) is 2.08. The molecule has 3 nitrogen and oxygen atoms in total. The molecule has 6 heteroatoms. The van der Waals surface area contributed by atoms with Crippen LogP contribution in [0.3, 0.4) is 0 Å². The SMILES string of the molecule is C#CCCOc1cc(C(F)(F)F)cc(N)n1. The Kier molecular flexibility index (Phi) is 3.61. The smallest absolute Gasteiger partial charge is 0.416 e. The van der Waals surface area contributed by atoms with Gasteiger partial charge in [0.2, 0.25) is 5.88 Å². The number of alkyl halides is 3. The third-order valence-electron chi connectivity index (χ3n) is 1.65. The second kappa shape index (κ2) is 4.75. The molecule has 0 saturated heterocycles. The summed E-state index contributed by atoms with van der Waals surface area (Å²) in [7, 11) is 0. The van der Waals surface area contributed by atoms with E-state index in [2.05, 4.69) is 10.9 Å². The molecule has 1 aromatic rings. The fourth-order valence-electron chi connectivity index (χ4n) is 0.978. The third-order valence-corrected chi connectivity index (χ3v) is 1.65. The van der Waals surface area contributed by atoms with Gasteiger partial charge in [-0.1, -0.05) is 0 Å². The molecule has 0 spiro atoms. The average molecular weight is 230 g/mol. The Morgan fingerprint density at radius 2 is 2.12 bits per heavy atom. The maximum atomic E-state index is 12.4. The highest BCUT2D eigenvalue weighted by atomic mass is 19.4. The van der Waals surface area contributed by atoms with Crippen molar-refractivity contribution in [3.63, 3.8) is 0 Å². The number of anilines is 1. The maximum Gasteiger partial charge on any atom is 0.416 e. The lowest BCUT2D eigenvalue weighted by Gasteiger charge is -2.09. The van der Waals surface area contributed by atoms with Crippen molar-refractivity contribution < 1.29 is 17.9 Å². The first-order valence-corrected chi connectivity index (χ1v) is 4.34. The highest BCUT2D eigenvalue weighted by Gasteiger charge is 2.31. The molecule has 16 heavy (non-hydrogen) atoms. The van der Waals surface area contributed by atoms with E-state index in [1.807, 2.05) is 0 Å². The number of pyridine rings is 1. The normalized spacial score (nSPS) is 10.9. The van der Waals surface area contributed by atoms with Crippen molar-refractivity contribution in [2.45, 2.75) is 12.6 Å². The van der Waals surface area contributed by atoms with E-state index in [1.54, 1.807) is 0 Å². The number of halogens is 3. The Labute approximate surface area is 90.4 Å². The molecule has 0 aliphatic carbocycles. The lowest BCUT2D eigenvalue weighted by Crippen LogP contribution is -2.08. The second-order valence-electron chi connectivity index (χ2n) is 2.92. The lowest BCUT2D eigenvalue weighted by atomic mass is 10.2. The molecule has 0 saturated carbocycles. The minimum absolute atomic E-state index is 0.101. The lowest BCUT2D eigenvalue weighted by molar-refractivity contribution is -0.137. The number of terminal acetylenes is 1. The number of ether oxygens (including phenoxy) is 1. The Bertz CT molecular complexity index is 410. The van der Waals surface area contributed by atoms with E-state index in [4.69, 9.17) is 16.9 Å². The van der Waals surface area contributed by atoms with E-state index >= 15 is 0 Å².